The average molecular weight is 365 g/mol. The van der Waals surface area contributed by atoms with Gasteiger partial charge in [0.2, 0.25) is 0 Å². The number of halogens is 1. The second-order valence-corrected chi connectivity index (χ2v) is 8.65. The van der Waals surface area contributed by atoms with E-state index in [1.54, 1.807) is 14.2 Å². The normalized spacial score (nSPS) is 39.1. The molecule has 4 fully saturated rings. The molecule has 4 aliphatic carbocycles. The molecule has 0 aromatic heterocycles. The van der Waals surface area contributed by atoms with E-state index in [-0.39, 0.29) is 5.41 Å². The maximum atomic E-state index is 5.80. The van der Waals surface area contributed by atoms with Gasteiger partial charge in [0.15, 0.2) is 0 Å². The lowest BCUT2D eigenvalue weighted by molar-refractivity contribution is -0.0554. The lowest BCUT2D eigenvalue weighted by atomic mass is 9.44. The highest BCUT2D eigenvalue weighted by Gasteiger charge is 2.57. The van der Waals surface area contributed by atoms with Crippen LogP contribution in [-0.4, -0.2) is 14.2 Å². The third kappa shape index (κ3) is 1.97. The maximum Gasteiger partial charge on any atom is 0.127 e. The molecule has 0 amide bonds. The largest absolute Gasteiger partial charge is 0.496 e. The van der Waals surface area contributed by atoms with Gasteiger partial charge in [0.1, 0.15) is 11.5 Å². The van der Waals surface area contributed by atoms with Crippen molar-refractivity contribution in [2.75, 3.05) is 14.2 Å². The Hall–Kier alpha value is -0.700. The van der Waals surface area contributed by atoms with Crippen molar-refractivity contribution >= 4 is 15.9 Å². The zero-order valence-electron chi connectivity index (χ0n) is 13.7. The minimum absolute atomic E-state index is 0.256. The lowest BCUT2D eigenvalue weighted by Gasteiger charge is -2.61. The van der Waals surface area contributed by atoms with Crippen LogP contribution >= 0.6 is 15.9 Å². The Kier molecular flexibility index (Phi) is 3.48. The number of hydrogen-bond acceptors (Lipinski definition) is 2. The monoisotopic (exact) mass is 364 g/mol. The fourth-order valence-corrected chi connectivity index (χ4v) is 6.51. The van der Waals surface area contributed by atoms with Crippen LogP contribution in [0.3, 0.4) is 0 Å². The number of methoxy groups -OCH3 is 2. The molecule has 22 heavy (non-hydrogen) atoms. The summed E-state index contributed by atoms with van der Waals surface area (Å²) < 4.78 is 12.6. The van der Waals surface area contributed by atoms with Gasteiger partial charge in [-0.2, -0.15) is 0 Å². The smallest absolute Gasteiger partial charge is 0.127 e. The number of ether oxygens (including phenoxy) is 2. The molecule has 5 rings (SSSR count). The van der Waals surface area contributed by atoms with E-state index >= 15 is 0 Å². The van der Waals surface area contributed by atoms with Crippen molar-refractivity contribution in [2.24, 2.45) is 23.7 Å². The van der Waals surface area contributed by atoms with Crippen molar-refractivity contribution in [1.29, 1.82) is 0 Å². The molecule has 0 radical (unpaired) electrons. The van der Waals surface area contributed by atoms with Crippen LogP contribution in [0, 0.1) is 23.7 Å². The zero-order valence-corrected chi connectivity index (χ0v) is 15.3. The summed E-state index contributed by atoms with van der Waals surface area (Å²) in [6.45, 7) is 2.48. The Morgan fingerprint density at radius 2 is 1.55 bits per heavy atom. The van der Waals surface area contributed by atoms with E-state index in [0.29, 0.717) is 0 Å². The van der Waals surface area contributed by atoms with Crippen molar-refractivity contribution in [3.8, 4) is 11.5 Å². The molecule has 120 valence electrons. The van der Waals surface area contributed by atoms with E-state index in [9.17, 15) is 0 Å². The summed E-state index contributed by atoms with van der Waals surface area (Å²) in [6, 6.07) is 4.23. The van der Waals surface area contributed by atoms with Crippen LogP contribution < -0.4 is 9.47 Å². The summed E-state index contributed by atoms with van der Waals surface area (Å²) in [5, 5.41) is 0. The second kappa shape index (κ2) is 5.15. The molecular weight excluding hydrogens is 340 g/mol. The van der Waals surface area contributed by atoms with Gasteiger partial charge in [0, 0.05) is 15.5 Å². The first-order valence-electron chi connectivity index (χ1n) is 8.49. The lowest BCUT2D eigenvalue weighted by Crippen LogP contribution is -2.54. The zero-order chi connectivity index (χ0) is 15.5. The van der Waals surface area contributed by atoms with E-state index in [1.165, 1.54) is 37.7 Å². The molecule has 0 saturated heterocycles. The fourth-order valence-electron chi connectivity index (χ4n) is 6.10. The molecule has 3 atom stereocenters. The summed E-state index contributed by atoms with van der Waals surface area (Å²) in [5.41, 5.74) is 1.60. The SMILES string of the molecule is COc1cc(Br)cc(OC)c1C12CC3CC(CC(C3)C1C)C2. The fraction of sp³-hybridized carbons (Fsp3) is 0.684. The first-order chi connectivity index (χ1) is 10.6. The molecule has 0 spiro atoms. The van der Waals surface area contributed by atoms with Crippen molar-refractivity contribution in [2.45, 2.75) is 44.4 Å². The first kappa shape index (κ1) is 14.9. The number of hydrogen-bond donors (Lipinski definition) is 0. The highest BCUT2D eigenvalue weighted by molar-refractivity contribution is 9.10. The van der Waals surface area contributed by atoms with Crippen molar-refractivity contribution < 1.29 is 9.47 Å². The van der Waals surface area contributed by atoms with Crippen LogP contribution in [-0.2, 0) is 5.41 Å². The van der Waals surface area contributed by atoms with Gasteiger partial charge in [-0.05, 0) is 67.9 Å². The predicted molar refractivity (Wildman–Crippen MR) is 91.6 cm³/mol. The Labute approximate surface area is 141 Å². The minimum atomic E-state index is 0.256. The van der Waals surface area contributed by atoms with E-state index in [4.69, 9.17) is 9.47 Å². The molecular formula is C19H25BrO2. The van der Waals surface area contributed by atoms with Crippen LogP contribution in [0.15, 0.2) is 16.6 Å². The van der Waals surface area contributed by atoms with Gasteiger partial charge in [0.25, 0.3) is 0 Å². The molecule has 0 heterocycles. The van der Waals surface area contributed by atoms with Crippen molar-refractivity contribution in [3.63, 3.8) is 0 Å². The Morgan fingerprint density at radius 3 is 2.05 bits per heavy atom. The van der Waals surface area contributed by atoms with Crippen molar-refractivity contribution in [1.82, 2.24) is 0 Å². The van der Waals surface area contributed by atoms with Gasteiger partial charge in [-0.15, -0.1) is 0 Å². The minimum Gasteiger partial charge on any atom is -0.496 e. The van der Waals surface area contributed by atoms with Crippen LogP contribution in [0.25, 0.3) is 0 Å². The predicted octanol–water partition coefficient (Wildman–Crippen LogP) is 5.18. The van der Waals surface area contributed by atoms with Gasteiger partial charge >= 0.3 is 0 Å². The number of rotatable bonds is 3. The summed E-state index contributed by atoms with van der Waals surface area (Å²) in [5.74, 6) is 5.44. The van der Waals surface area contributed by atoms with Crippen LogP contribution in [0.5, 0.6) is 11.5 Å². The van der Waals surface area contributed by atoms with Crippen LogP contribution in [0.1, 0.15) is 44.6 Å². The van der Waals surface area contributed by atoms with E-state index < -0.39 is 0 Å². The number of benzene rings is 1. The van der Waals surface area contributed by atoms with E-state index in [0.717, 1.165) is 39.6 Å². The molecule has 4 saturated carbocycles. The topological polar surface area (TPSA) is 18.5 Å². The van der Waals surface area contributed by atoms with Gasteiger partial charge < -0.3 is 9.47 Å². The molecule has 2 nitrogen and oxygen atoms in total. The highest BCUT2D eigenvalue weighted by Crippen LogP contribution is 2.65. The molecule has 1 aromatic carbocycles. The Balaban J connectivity index is 1.90. The molecule has 4 bridgehead atoms. The summed E-state index contributed by atoms with van der Waals surface area (Å²) in [7, 11) is 3.58. The van der Waals surface area contributed by atoms with E-state index in [2.05, 4.69) is 35.0 Å². The third-order valence-corrected chi connectivity index (χ3v) is 7.25. The highest BCUT2D eigenvalue weighted by atomic mass is 79.9. The first-order valence-corrected chi connectivity index (χ1v) is 9.28. The third-order valence-electron chi connectivity index (χ3n) is 6.79. The maximum absolute atomic E-state index is 5.80. The van der Waals surface area contributed by atoms with Gasteiger partial charge in [-0.1, -0.05) is 22.9 Å². The Morgan fingerprint density at radius 1 is 1.00 bits per heavy atom. The summed E-state index contributed by atoms with van der Waals surface area (Å²) in [6.07, 6.45) is 6.97. The molecule has 0 N–H and O–H groups in total. The molecule has 0 aliphatic heterocycles. The van der Waals surface area contributed by atoms with Gasteiger partial charge in [-0.3, -0.25) is 0 Å². The molecule has 1 aromatic rings. The molecule has 4 aliphatic rings. The Bertz CT molecular complexity index is 558. The molecule has 3 unspecified atom stereocenters. The molecule has 3 heteroatoms. The summed E-state index contributed by atoms with van der Waals surface area (Å²) >= 11 is 3.59. The van der Waals surface area contributed by atoms with Crippen LogP contribution in [0.4, 0.5) is 0 Å². The van der Waals surface area contributed by atoms with Gasteiger partial charge in [0.05, 0.1) is 14.2 Å². The van der Waals surface area contributed by atoms with Gasteiger partial charge in [-0.25, -0.2) is 0 Å². The van der Waals surface area contributed by atoms with Crippen LogP contribution in [0.2, 0.25) is 0 Å². The van der Waals surface area contributed by atoms with E-state index in [1.807, 2.05) is 0 Å². The quantitative estimate of drug-likeness (QED) is 0.735. The summed E-state index contributed by atoms with van der Waals surface area (Å²) in [4.78, 5) is 0. The average Bonchev–Trinajstić information content (AvgIpc) is 2.50. The standard InChI is InChI=1S/C19H25BrO2/c1-11-14-5-12-4-13(6-14)10-19(11,9-12)18-16(21-2)7-15(20)8-17(18)22-3/h7-8,11-14H,4-6,9-10H2,1-3H3. The van der Waals surface area contributed by atoms with Crippen molar-refractivity contribution in [3.05, 3.63) is 22.2 Å². The second-order valence-electron chi connectivity index (χ2n) is 7.74.